The Hall–Kier alpha value is -2.08. The third-order valence-electron chi connectivity index (χ3n) is 2.83. The second-order valence-corrected chi connectivity index (χ2v) is 4.12. The van der Waals surface area contributed by atoms with Crippen LogP contribution in [0.4, 0.5) is 5.69 Å². The third kappa shape index (κ3) is 1.72. The minimum atomic E-state index is -0.476. The van der Waals surface area contributed by atoms with Crippen molar-refractivity contribution < 1.29 is 9.59 Å². The van der Waals surface area contributed by atoms with Crippen molar-refractivity contribution in [3.8, 4) is 11.8 Å². The molecule has 1 aliphatic rings. The molecule has 3 nitrogen and oxygen atoms in total. The first-order valence-electron chi connectivity index (χ1n) is 5.43. The number of hydrogen-bond acceptors (Lipinski definition) is 2. The van der Waals surface area contributed by atoms with Gasteiger partial charge in [-0.05, 0) is 38.0 Å². The molecule has 1 aromatic carbocycles. The summed E-state index contributed by atoms with van der Waals surface area (Å²) in [5.41, 5.74) is 3.11. The molecule has 0 N–H and O–H groups in total. The molecule has 0 atom stereocenters. The van der Waals surface area contributed by atoms with Crippen molar-refractivity contribution in [2.75, 3.05) is 11.4 Å². The van der Waals surface area contributed by atoms with E-state index in [1.54, 1.807) is 6.92 Å². The molecule has 17 heavy (non-hydrogen) atoms. The van der Waals surface area contributed by atoms with E-state index in [0.29, 0.717) is 11.3 Å². The van der Waals surface area contributed by atoms with Crippen LogP contribution >= 0.6 is 0 Å². The molecule has 0 fully saturated rings. The van der Waals surface area contributed by atoms with Gasteiger partial charge in [-0.15, -0.1) is 5.92 Å². The molecule has 0 bridgehead atoms. The number of nitrogens with zero attached hydrogens (tertiary/aromatic N) is 1. The summed E-state index contributed by atoms with van der Waals surface area (Å²) < 4.78 is 0. The van der Waals surface area contributed by atoms with Crippen LogP contribution in [0, 0.1) is 25.7 Å². The fraction of sp³-hybridized carbons (Fsp3) is 0.286. The van der Waals surface area contributed by atoms with Crippen molar-refractivity contribution in [3.05, 3.63) is 28.8 Å². The lowest BCUT2D eigenvalue weighted by Crippen LogP contribution is -2.30. The highest BCUT2D eigenvalue weighted by molar-refractivity contribution is 6.52. The summed E-state index contributed by atoms with van der Waals surface area (Å²) in [6.07, 6.45) is 0. The highest BCUT2D eigenvalue weighted by Crippen LogP contribution is 2.32. The van der Waals surface area contributed by atoms with E-state index in [2.05, 4.69) is 11.8 Å². The molecular weight excluding hydrogens is 214 g/mol. The number of hydrogen-bond donors (Lipinski definition) is 0. The summed E-state index contributed by atoms with van der Waals surface area (Å²) in [6, 6.07) is 3.78. The number of rotatable bonds is 1. The van der Waals surface area contributed by atoms with E-state index in [0.717, 1.165) is 11.1 Å². The van der Waals surface area contributed by atoms with Gasteiger partial charge in [-0.3, -0.25) is 14.5 Å². The van der Waals surface area contributed by atoms with E-state index in [-0.39, 0.29) is 6.54 Å². The normalized spacial score (nSPS) is 13.5. The fourth-order valence-electron chi connectivity index (χ4n) is 2.11. The topological polar surface area (TPSA) is 37.4 Å². The average molecular weight is 227 g/mol. The van der Waals surface area contributed by atoms with E-state index < -0.39 is 11.7 Å². The summed E-state index contributed by atoms with van der Waals surface area (Å²) in [7, 11) is 0. The third-order valence-corrected chi connectivity index (χ3v) is 2.83. The Morgan fingerprint density at radius 3 is 2.59 bits per heavy atom. The van der Waals surface area contributed by atoms with Crippen LogP contribution in [0.5, 0.6) is 0 Å². The van der Waals surface area contributed by atoms with Crippen molar-refractivity contribution in [1.29, 1.82) is 0 Å². The molecule has 1 aromatic rings. The lowest BCUT2D eigenvalue weighted by atomic mass is 10.0. The molecule has 1 amide bonds. The number of amides is 1. The molecule has 1 aliphatic heterocycles. The van der Waals surface area contributed by atoms with E-state index in [1.165, 1.54) is 4.90 Å². The Morgan fingerprint density at radius 2 is 1.94 bits per heavy atom. The van der Waals surface area contributed by atoms with Gasteiger partial charge in [0.2, 0.25) is 0 Å². The summed E-state index contributed by atoms with van der Waals surface area (Å²) in [5.74, 6) is 4.66. The first-order chi connectivity index (χ1) is 8.06. The van der Waals surface area contributed by atoms with Gasteiger partial charge in [0.1, 0.15) is 0 Å². The van der Waals surface area contributed by atoms with Crippen LogP contribution in [-0.2, 0) is 4.79 Å². The summed E-state index contributed by atoms with van der Waals surface area (Å²) in [4.78, 5) is 25.2. The second kappa shape index (κ2) is 4.06. The average Bonchev–Trinajstić information content (AvgIpc) is 2.49. The van der Waals surface area contributed by atoms with Gasteiger partial charge in [0.25, 0.3) is 11.7 Å². The van der Waals surface area contributed by atoms with Crippen LogP contribution in [0.1, 0.15) is 28.4 Å². The van der Waals surface area contributed by atoms with Gasteiger partial charge >= 0.3 is 0 Å². The van der Waals surface area contributed by atoms with Gasteiger partial charge in [0.15, 0.2) is 0 Å². The quantitative estimate of drug-likeness (QED) is 0.542. The zero-order valence-electron chi connectivity index (χ0n) is 10.1. The van der Waals surface area contributed by atoms with E-state index in [4.69, 9.17) is 0 Å². The molecule has 0 radical (unpaired) electrons. The van der Waals surface area contributed by atoms with Gasteiger partial charge in [-0.1, -0.05) is 12.0 Å². The second-order valence-electron chi connectivity index (χ2n) is 4.12. The summed E-state index contributed by atoms with van der Waals surface area (Å²) >= 11 is 0. The molecule has 2 rings (SSSR count). The minimum absolute atomic E-state index is 0.275. The fourth-order valence-corrected chi connectivity index (χ4v) is 2.11. The van der Waals surface area contributed by atoms with Crippen molar-refractivity contribution in [2.45, 2.75) is 20.8 Å². The Labute approximate surface area is 100 Å². The number of carbonyl (C=O) groups is 2. The predicted octanol–water partition coefficient (Wildman–Crippen LogP) is 1.86. The van der Waals surface area contributed by atoms with Crippen molar-refractivity contribution in [1.82, 2.24) is 0 Å². The Bertz CT molecular complexity index is 576. The monoisotopic (exact) mass is 227 g/mol. The molecule has 0 saturated heterocycles. The summed E-state index contributed by atoms with van der Waals surface area (Å²) in [6.45, 7) is 5.79. The number of anilines is 1. The van der Waals surface area contributed by atoms with Crippen LogP contribution in [0.15, 0.2) is 12.1 Å². The maximum Gasteiger partial charge on any atom is 0.300 e. The van der Waals surface area contributed by atoms with Crippen molar-refractivity contribution in [2.24, 2.45) is 0 Å². The lowest BCUT2D eigenvalue weighted by molar-refractivity contribution is -0.114. The maximum absolute atomic E-state index is 11.9. The molecule has 0 aliphatic carbocycles. The summed E-state index contributed by atoms with van der Waals surface area (Å²) in [5, 5.41) is 0. The highest BCUT2D eigenvalue weighted by atomic mass is 16.2. The van der Waals surface area contributed by atoms with Gasteiger partial charge in [0.05, 0.1) is 17.8 Å². The predicted molar refractivity (Wildman–Crippen MR) is 66.0 cm³/mol. The molecule has 0 saturated carbocycles. The van der Waals surface area contributed by atoms with E-state index >= 15 is 0 Å². The SMILES string of the molecule is CC#CCN1C(=O)C(=O)c2c(C)cc(C)cc21. The first-order valence-corrected chi connectivity index (χ1v) is 5.43. The van der Waals surface area contributed by atoms with Gasteiger partial charge in [-0.25, -0.2) is 0 Å². The molecule has 86 valence electrons. The van der Waals surface area contributed by atoms with Gasteiger partial charge in [-0.2, -0.15) is 0 Å². The molecule has 1 heterocycles. The zero-order valence-corrected chi connectivity index (χ0v) is 10.1. The number of Topliss-reactive ketones (excluding diaryl/α,β-unsaturated/α-hetero) is 1. The molecule has 0 spiro atoms. The number of benzene rings is 1. The number of ketones is 1. The van der Waals surface area contributed by atoms with Crippen LogP contribution in [0.3, 0.4) is 0 Å². The molecule has 0 aromatic heterocycles. The molecule has 3 heteroatoms. The van der Waals surface area contributed by atoms with E-state index in [1.807, 2.05) is 26.0 Å². The number of aryl methyl sites for hydroxylation is 2. The highest BCUT2D eigenvalue weighted by Gasteiger charge is 2.36. The first kappa shape index (κ1) is 11.4. The Balaban J connectivity index is 2.58. The van der Waals surface area contributed by atoms with Gasteiger partial charge < -0.3 is 0 Å². The smallest absolute Gasteiger partial charge is 0.293 e. The minimum Gasteiger partial charge on any atom is -0.293 e. The van der Waals surface area contributed by atoms with Crippen LogP contribution in [0.2, 0.25) is 0 Å². The largest absolute Gasteiger partial charge is 0.300 e. The van der Waals surface area contributed by atoms with Crippen LogP contribution < -0.4 is 4.90 Å². The van der Waals surface area contributed by atoms with Crippen molar-refractivity contribution >= 4 is 17.4 Å². The number of fused-ring (bicyclic) bond motifs is 1. The molecule has 0 unspecified atom stereocenters. The lowest BCUT2D eigenvalue weighted by Gasteiger charge is -2.13. The van der Waals surface area contributed by atoms with Gasteiger partial charge in [0, 0.05) is 0 Å². The number of carbonyl (C=O) groups excluding carboxylic acids is 2. The Kier molecular flexibility index (Phi) is 2.72. The standard InChI is InChI=1S/C14H13NO2/c1-4-5-6-15-11-8-9(2)7-10(3)12(11)13(16)14(15)17/h7-8H,6H2,1-3H3. The maximum atomic E-state index is 11.9. The zero-order chi connectivity index (χ0) is 12.6. The van der Waals surface area contributed by atoms with Crippen LogP contribution in [0.25, 0.3) is 0 Å². The van der Waals surface area contributed by atoms with E-state index in [9.17, 15) is 9.59 Å². The van der Waals surface area contributed by atoms with Crippen molar-refractivity contribution in [3.63, 3.8) is 0 Å². The Morgan fingerprint density at radius 1 is 1.24 bits per heavy atom. The molecular formula is C14H13NO2. The van der Waals surface area contributed by atoms with Crippen LogP contribution in [-0.4, -0.2) is 18.2 Å².